The molecule has 5 rings (SSSR count). The molecule has 1 amide bonds. The average Bonchev–Trinajstić information content (AvgIpc) is 3.42. The van der Waals surface area contributed by atoms with Gasteiger partial charge in [-0.25, -0.2) is 9.97 Å². The Morgan fingerprint density at radius 3 is 3.03 bits per heavy atom. The number of aryl methyl sites for hydroxylation is 1. The van der Waals surface area contributed by atoms with Crippen LogP contribution < -0.4 is 14.8 Å². The molecule has 31 heavy (non-hydrogen) atoms. The summed E-state index contributed by atoms with van der Waals surface area (Å²) in [5, 5.41) is 6.93. The van der Waals surface area contributed by atoms with Gasteiger partial charge in [0.1, 0.15) is 6.33 Å². The van der Waals surface area contributed by atoms with E-state index in [1.807, 2.05) is 19.1 Å². The van der Waals surface area contributed by atoms with Gasteiger partial charge in [0.15, 0.2) is 17.3 Å². The van der Waals surface area contributed by atoms with Crippen LogP contribution in [0.3, 0.4) is 0 Å². The number of carbonyl (C=O) groups is 1. The Bertz CT molecular complexity index is 1100. The van der Waals surface area contributed by atoms with Crippen LogP contribution in [-0.4, -0.2) is 52.4 Å². The van der Waals surface area contributed by atoms with Gasteiger partial charge in [-0.15, -0.1) is 0 Å². The summed E-state index contributed by atoms with van der Waals surface area (Å²) in [4.78, 5) is 23.5. The molecule has 1 atom stereocenters. The van der Waals surface area contributed by atoms with Gasteiger partial charge in [0.25, 0.3) is 0 Å². The Kier molecular flexibility index (Phi) is 5.25. The van der Waals surface area contributed by atoms with Crippen LogP contribution in [0.2, 0.25) is 0 Å². The van der Waals surface area contributed by atoms with Crippen molar-refractivity contribution in [3.63, 3.8) is 0 Å². The normalized spacial score (nSPS) is 18.2. The lowest BCUT2D eigenvalue weighted by Gasteiger charge is -2.32. The van der Waals surface area contributed by atoms with E-state index in [0.717, 1.165) is 42.9 Å². The Balaban J connectivity index is 1.25. The third-order valence-corrected chi connectivity index (χ3v) is 5.55. The van der Waals surface area contributed by atoms with Gasteiger partial charge >= 0.3 is 0 Å². The van der Waals surface area contributed by atoms with Crippen LogP contribution in [0.25, 0.3) is 11.3 Å². The number of carbonyl (C=O) groups excluding carboxylic acids is 1. The summed E-state index contributed by atoms with van der Waals surface area (Å²) in [5.41, 5.74) is 3.31. The molecule has 0 saturated carbocycles. The van der Waals surface area contributed by atoms with Crippen molar-refractivity contribution in [1.82, 2.24) is 20.0 Å². The summed E-state index contributed by atoms with van der Waals surface area (Å²) in [6.07, 6.45) is 5.32. The Hall–Kier alpha value is -3.46. The third-order valence-electron chi connectivity index (χ3n) is 5.55. The molecule has 2 aliphatic heterocycles. The molecule has 9 heteroatoms. The molecule has 1 fully saturated rings. The Morgan fingerprint density at radius 1 is 1.26 bits per heavy atom. The van der Waals surface area contributed by atoms with Crippen LogP contribution in [0.15, 0.2) is 41.3 Å². The lowest BCUT2D eigenvalue weighted by atomic mass is 9.91. The molecule has 9 nitrogen and oxygen atoms in total. The fraction of sp³-hybridized carbons (Fsp3) is 0.364. The SMILES string of the molecule is Cc1cc(-c2cncnc2[C@H]2CCCN(CC(=O)Nc3ccc4c(c3)OCO4)C2)on1. The van der Waals surface area contributed by atoms with E-state index in [0.29, 0.717) is 29.5 Å². The number of fused-ring (bicyclic) bond motifs is 1. The number of benzene rings is 1. The quantitative estimate of drug-likeness (QED) is 0.671. The van der Waals surface area contributed by atoms with E-state index in [-0.39, 0.29) is 18.6 Å². The minimum absolute atomic E-state index is 0.0618. The fourth-order valence-electron chi connectivity index (χ4n) is 4.15. The lowest BCUT2D eigenvalue weighted by molar-refractivity contribution is -0.117. The highest BCUT2D eigenvalue weighted by Crippen LogP contribution is 2.35. The Morgan fingerprint density at radius 2 is 2.16 bits per heavy atom. The molecule has 160 valence electrons. The standard InChI is InChI=1S/C22H23N5O4/c1-14-7-19(31-26-14)17-9-23-12-24-22(17)15-3-2-6-27(10-15)11-21(28)25-16-4-5-18-20(8-16)30-13-29-18/h4-5,7-9,12,15H,2-3,6,10-11,13H2,1H3,(H,25,28)/t15-/m0/s1. The van der Waals surface area contributed by atoms with E-state index >= 15 is 0 Å². The van der Waals surface area contributed by atoms with E-state index < -0.39 is 0 Å². The maximum absolute atomic E-state index is 12.6. The molecule has 2 aliphatic rings. The molecule has 1 saturated heterocycles. The van der Waals surface area contributed by atoms with Gasteiger partial charge in [-0.1, -0.05) is 5.16 Å². The maximum atomic E-state index is 12.6. The topological polar surface area (TPSA) is 103 Å². The van der Waals surface area contributed by atoms with Crippen molar-refractivity contribution in [3.05, 3.63) is 48.2 Å². The number of hydrogen-bond donors (Lipinski definition) is 1. The van der Waals surface area contributed by atoms with Gasteiger partial charge in [-0.05, 0) is 38.4 Å². The summed E-state index contributed by atoms with van der Waals surface area (Å²) < 4.78 is 16.1. The second kappa shape index (κ2) is 8.35. The van der Waals surface area contributed by atoms with E-state index in [2.05, 4.69) is 25.3 Å². The van der Waals surface area contributed by atoms with Crippen molar-refractivity contribution in [2.45, 2.75) is 25.7 Å². The zero-order valence-corrected chi connectivity index (χ0v) is 17.2. The highest BCUT2D eigenvalue weighted by Gasteiger charge is 2.27. The van der Waals surface area contributed by atoms with E-state index in [1.165, 1.54) is 0 Å². The van der Waals surface area contributed by atoms with Crippen molar-refractivity contribution < 1.29 is 18.8 Å². The smallest absolute Gasteiger partial charge is 0.238 e. The number of nitrogens with zero attached hydrogens (tertiary/aromatic N) is 4. The van der Waals surface area contributed by atoms with Gasteiger partial charge in [0, 0.05) is 36.5 Å². The van der Waals surface area contributed by atoms with E-state index in [4.69, 9.17) is 14.0 Å². The molecular formula is C22H23N5O4. The number of anilines is 1. The minimum atomic E-state index is -0.0618. The fourth-order valence-corrected chi connectivity index (χ4v) is 4.15. The first-order chi connectivity index (χ1) is 15.2. The lowest BCUT2D eigenvalue weighted by Crippen LogP contribution is -2.40. The predicted octanol–water partition coefficient (Wildman–Crippen LogP) is 2.99. The molecule has 0 unspecified atom stereocenters. The van der Waals surface area contributed by atoms with E-state index in [9.17, 15) is 4.79 Å². The third kappa shape index (κ3) is 4.22. The molecule has 3 aromatic rings. The molecule has 0 spiro atoms. The number of amides is 1. The highest BCUT2D eigenvalue weighted by molar-refractivity contribution is 5.92. The molecule has 1 aromatic carbocycles. The number of hydrogen-bond acceptors (Lipinski definition) is 8. The van der Waals surface area contributed by atoms with Crippen LogP contribution >= 0.6 is 0 Å². The van der Waals surface area contributed by atoms with Gasteiger partial charge in [-0.2, -0.15) is 0 Å². The number of rotatable bonds is 5. The monoisotopic (exact) mass is 421 g/mol. The summed E-state index contributed by atoms with van der Waals surface area (Å²) >= 11 is 0. The first-order valence-electron chi connectivity index (χ1n) is 10.3. The van der Waals surface area contributed by atoms with Crippen molar-refractivity contribution in [3.8, 4) is 22.8 Å². The second-order valence-electron chi connectivity index (χ2n) is 7.84. The molecule has 2 aromatic heterocycles. The zero-order valence-electron chi connectivity index (χ0n) is 17.2. The number of ether oxygens (including phenoxy) is 2. The summed E-state index contributed by atoms with van der Waals surface area (Å²) in [7, 11) is 0. The van der Waals surface area contributed by atoms with Crippen molar-refractivity contribution in [1.29, 1.82) is 0 Å². The predicted molar refractivity (Wildman–Crippen MR) is 112 cm³/mol. The van der Waals surface area contributed by atoms with Gasteiger partial charge < -0.3 is 19.3 Å². The first-order valence-corrected chi connectivity index (χ1v) is 10.3. The van der Waals surface area contributed by atoms with Crippen LogP contribution in [-0.2, 0) is 4.79 Å². The zero-order chi connectivity index (χ0) is 21.2. The van der Waals surface area contributed by atoms with E-state index in [1.54, 1.807) is 24.7 Å². The van der Waals surface area contributed by atoms with Gasteiger partial charge in [0.05, 0.1) is 23.5 Å². The molecule has 4 heterocycles. The molecular weight excluding hydrogens is 398 g/mol. The molecule has 1 N–H and O–H groups in total. The van der Waals surface area contributed by atoms with Crippen LogP contribution in [0.1, 0.15) is 30.1 Å². The Labute approximate surface area is 179 Å². The van der Waals surface area contributed by atoms with Crippen LogP contribution in [0.5, 0.6) is 11.5 Å². The first kappa shape index (κ1) is 19.5. The number of aromatic nitrogens is 3. The molecule has 0 aliphatic carbocycles. The molecule has 0 radical (unpaired) electrons. The van der Waals surface area contributed by atoms with Crippen molar-refractivity contribution in [2.24, 2.45) is 0 Å². The van der Waals surface area contributed by atoms with Crippen molar-refractivity contribution in [2.75, 3.05) is 31.7 Å². The van der Waals surface area contributed by atoms with Crippen LogP contribution in [0, 0.1) is 6.92 Å². The summed E-state index contributed by atoms with van der Waals surface area (Å²) in [6.45, 7) is 4.02. The number of piperidine rings is 1. The number of nitrogens with one attached hydrogen (secondary N) is 1. The number of likely N-dealkylation sites (tertiary alicyclic amines) is 1. The maximum Gasteiger partial charge on any atom is 0.238 e. The van der Waals surface area contributed by atoms with Crippen molar-refractivity contribution >= 4 is 11.6 Å². The van der Waals surface area contributed by atoms with Crippen LogP contribution in [0.4, 0.5) is 5.69 Å². The van der Waals surface area contributed by atoms with Gasteiger partial charge in [0.2, 0.25) is 12.7 Å². The van der Waals surface area contributed by atoms with Gasteiger partial charge in [-0.3, -0.25) is 9.69 Å². The second-order valence-corrected chi connectivity index (χ2v) is 7.84. The summed E-state index contributed by atoms with van der Waals surface area (Å²) in [5.74, 6) is 2.14. The largest absolute Gasteiger partial charge is 0.454 e. The average molecular weight is 421 g/mol. The summed E-state index contributed by atoms with van der Waals surface area (Å²) in [6, 6.07) is 7.29. The molecule has 0 bridgehead atoms. The highest BCUT2D eigenvalue weighted by atomic mass is 16.7. The minimum Gasteiger partial charge on any atom is -0.454 e.